The van der Waals surface area contributed by atoms with E-state index in [0.29, 0.717) is 17.5 Å². The fourth-order valence-corrected chi connectivity index (χ4v) is 4.94. The molecule has 4 aromatic rings. The van der Waals surface area contributed by atoms with E-state index in [0.717, 1.165) is 22.0 Å². The quantitative estimate of drug-likeness (QED) is 0.336. The number of hydrogen-bond acceptors (Lipinski definition) is 4. The van der Waals surface area contributed by atoms with E-state index in [1.165, 1.54) is 22.4 Å². The van der Waals surface area contributed by atoms with Gasteiger partial charge in [0.05, 0.1) is 5.69 Å². The minimum absolute atomic E-state index is 0.123. The number of anilines is 2. The van der Waals surface area contributed by atoms with Crippen molar-refractivity contribution in [2.75, 3.05) is 9.80 Å². The molecule has 0 fully saturated rings. The van der Waals surface area contributed by atoms with Crippen molar-refractivity contribution in [3.05, 3.63) is 77.8 Å². The van der Waals surface area contributed by atoms with Crippen molar-refractivity contribution in [2.24, 2.45) is 0 Å². The number of benzene rings is 2. The van der Waals surface area contributed by atoms with E-state index in [1.807, 2.05) is 6.07 Å². The van der Waals surface area contributed by atoms with Crippen LogP contribution in [0, 0.1) is 6.92 Å². The fraction of sp³-hybridized carbons (Fsp3) is 0.321. The Morgan fingerprint density at radius 2 is 1.47 bits per heavy atom. The number of hydrogen-bond donors (Lipinski definition) is 0. The maximum Gasteiger partial charge on any atom is 0.227 e. The van der Waals surface area contributed by atoms with Gasteiger partial charge in [-0.25, -0.2) is 4.98 Å². The molecule has 0 N–H and O–H groups in total. The molecule has 4 nitrogen and oxygen atoms in total. The highest BCUT2D eigenvalue weighted by atomic mass is 16.3. The Balaban J connectivity index is 1.64. The van der Waals surface area contributed by atoms with Gasteiger partial charge in [0.1, 0.15) is 6.17 Å². The van der Waals surface area contributed by atoms with Crippen molar-refractivity contribution in [2.45, 2.75) is 59.5 Å². The summed E-state index contributed by atoms with van der Waals surface area (Å²) < 4.78 is 6.28. The van der Waals surface area contributed by atoms with Crippen molar-refractivity contribution in [1.29, 1.82) is 0 Å². The molecule has 1 atom stereocenters. The standard InChI is InChI=1S/C28H31N3O/c1-17(2)21-9-7-10-22(18(3)4)26(21)31-16-15-30(20(31)6)25-19(5)12-13-23-24-11-8-14-29-28(24)32-27(23)25/h7-18,20H,1-6H3/t20-/m1/s1. The van der Waals surface area contributed by atoms with Gasteiger partial charge in [-0.15, -0.1) is 0 Å². The molecule has 5 rings (SSSR count). The second-order valence-electron chi connectivity index (χ2n) is 9.40. The lowest BCUT2D eigenvalue weighted by atomic mass is 9.92. The molecule has 164 valence electrons. The summed E-state index contributed by atoms with van der Waals surface area (Å²) in [6.07, 6.45) is 6.32. The maximum absolute atomic E-state index is 6.28. The molecule has 1 aliphatic heterocycles. The Kier molecular flexibility index (Phi) is 4.96. The summed E-state index contributed by atoms with van der Waals surface area (Å²) in [6.45, 7) is 13.5. The predicted octanol–water partition coefficient (Wildman–Crippen LogP) is 7.68. The molecule has 2 aromatic heterocycles. The van der Waals surface area contributed by atoms with Gasteiger partial charge in [0.25, 0.3) is 0 Å². The van der Waals surface area contributed by atoms with Crippen molar-refractivity contribution in [3.63, 3.8) is 0 Å². The molecule has 0 unspecified atom stereocenters. The summed E-state index contributed by atoms with van der Waals surface area (Å²) in [4.78, 5) is 9.20. The first kappa shape index (κ1) is 20.6. The van der Waals surface area contributed by atoms with Crippen LogP contribution in [0.1, 0.15) is 63.1 Å². The predicted molar refractivity (Wildman–Crippen MR) is 134 cm³/mol. The summed E-state index contributed by atoms with van der Waals surface area (Å²) in [7, 11) is 0. The van der Waals surface area contributed by atoms with Crippen molar-refractivity contribution >= 4 is 33.4 Å². The Labute approximate surface area is 190 Å². The van der Waals surface area contributed by atoms with E-state index < -0.39 is 0 Å². The molecule has 0 spiro atoms. The van der Waals surface area contributed by atoms with Crippen LogP contribution in [0.25, 0.3) is 22.1 Å². The maximum atomic E-state index is 6.28. The van der Waals surface area contributed by atoms with Crippen molar-refractivity contribution in [3.8, 4) is 0 Å². The highest BCUT2D eigenvalue weighted by molar-refractivity contribution is 6.08. The smallest absolute Gasteiger partial charge is 0.227 e. The van der Waals surface area contributed by atoms with E-state index in [9.17, 15) is 0 Å². The number of aromatic nitrogens is 1. The van der Waals surface area contributed by atoms with Gasteiger partial charge in [-0.2, -0.15) is 0 Å². The first-order chi connectivity index (χ1) is 15.4. The number of para-hydroxylation sites is 1. The zero-order chi connectivity index (χ0) is 22.6. The van der Waals surface area contributed by atoms with Crippen molar-refractivity contribution < 1.29 is 4.42 Å². The zero-order valence-electron chi connectivity index (χ0n) is 19.8. The Hall–Kier alpha value is -3.27. The number of pyridine rings is 1. The summed E-state index contributed by atoms with van der Waals surface area (Å²) in [5.41, 5.74) is 8.00. The first-order valence-corrected chi connectivity index (χ1v) is 11.5. The summed E-state index contributed by atoms with van der Waals surface area (Å²) in [5, 5.41) is 2.17. The molecule has 4 heteroatoms. The van der Waals surface area contributed by atoms with E-state index in [1.54, 1.807) is 6.20 Å². The van der Waals surface area contributed by atoms with Gasteiger partial charge in [-0.1, -0.05) is 58.0 Å². The average molecular weight is 426 g/mol. The second kappa shape index (κ2) is 7.70. The molecule has 0 amide bonds. The van der Waals surface area contributed by atoms with Crippen LogP contribution in [0.15, 0.2) is 65.5 Å². The summed E-state index contributed by atoms with van der Waals surface area (Å²) >= 11 is 0. The number of nitrogens with zero attached hydrogens (tertiary/aromatic N) is 3. The Bertz CT molecular complexity index is 1310. The first-order valence-electron chi connectivity index (χ1n) is 11.5. The minimum Gasteiger partial charge on any atom is -0.435 e. The molecule has 3 heterocycles. The van der Waals surface area contributed by atoms with Gasteiger partial charge in [-0.05, 0) is 54.5 Å². The van der Waals surface area contributed by atoms with Crippen LogP contribution in [0.4, 0.5) is 11.4 Å². The monoisotopic (exact) mass is 425 g/mol. The highest BCUT2D eigenvalue weighted by Gasteiger charge is 2.31. The third-order valence-corrected chi connectivity index (χ3v) is 6.65. The average Bonchev–Trinajstić information content (AvgIpc) is 3.33. The van der Waals surface area contributed by atoms with Crippen LogP contribution in [-0.4, -0.2) is 11.1 Å². The van der Waals surface area contributed by atoms with Gasteiger partial charge in [-0.3, -0.25) is 0 Å². The molecule has 2 aromatic carbocycles. The van der Waals surface area contributed by atoms with Gasteiger partial charge < -0.3 is 14.2 Å². The molecule has 0 radical (unpaired) electrons. The molecule has 1 aliphatic rings. The van der Waals surface area contributed by atoms with E-state index in [4.69, 9.17) is 4.42 Å². The highest BCUT2D eigenvalue weighted by Crippen LogP contribution is 2.43. The van der Waals surface area contributed by atoms with Gasteiger partial charge in [0, 0.05) is 35.1 Å². The van der Waals surface area contributed by atoms with E-state index in [-0.39, 0.29) is 6.17 Å². The van der Waals surface area contributed by atoms with Crippen molar-refractivity contribution in [1.82, 2.24) is 4.98 Å². The van der Waals surface area contributed by atoms with Gasteiger partial charge in [0.2, 0.25) is 5.71 Å². The summed E-state index contributed by atoms with van der Waals surface area (Å²) in [6, 6.07) is 15.1. The molecule has 32 heavy (non-hydrogen) atoms. The number of furan rings is 1. The zero-order valence-corrected chi connectivity index (χ0v) is 19.8. The third-order valence-electron chi connectivity index (χ3n) is 6.65. The van der Waals surface area contributed by atoms with E-state index in [2.05, 4.69) is 105 Å². The Morgan fingerprint density at radius 3 is 2.12 bits per heavy atom. The SMILES string of the molecule is Cc1ccc2c(oc3ncccc32)c1N1C=CN(c2c(C(C)C)cccc2C(C)C)[C@@H]1C. The van der Waals surface area contributed by atoms with Crippen LogP contribution in [-0.2, 0) is 0 Å². The molecule has 0 saturated heterocycles. The van der Waals surface area contributed by atoms with Crippen LogP contribution >= 0.6 is 0 Å². The van der Waals surface area contributed by atoms with Crippen LogP contribution in [0.3, 0.4) is 0 Å². The van der Waals surface area contributed by atoms with E-state index >= 15 is 0 Å². The van der Waals surface area contributed by atoms with Crippen LogP contribution in [0.2, 0.25) is 0 Å². The van der Waals surface area contributed by atoms with Crippen LogP contribution < -0.4 is 9.80 Å². The van der Waals surface area contributed by atoms with Gasteiger partial charge >= 0.3 is 0 Å². The van der Waals surface area contributed by atoms with Crippen LogP contribution in [0.5, 0.6) is 0 Å². The normalized spacial score (nSPS) is 16.4. The molecule has 0 saturated carbocycles. The molecular formula is C28H31N3O. The topological polar surface area (TPSA) is 32.5 Å². The molecule has 0 aliphatic carbocycles. The second-order valence-corrected chi connectivity index (χ2v) is 9.40. The minimum atomic E-state index is 0.123. The summed E-state index contributed by atoms with van der Waals surface area (Å²) in [5.74, 6) is 0.898. The molecular weight excluding hydrogens is 394 g/mol. The lowest BCUT2D eigenvalue weighted by Crippen LogP contribution is -2.37. The van der Waals surface area contributed by atoms with Gasteiger partial charge in [0.15, 0.2) is 5.58 Å². The largest absolute Gasteiger partial charge is 0.435 e. The number of fused-ring (bicyclic) bond motifs is 3. The fourth-order valence-electron chi connectivity index (χ4n) is 4.94. The lowest BCUT2D eigenvalue weighted by Gasteiger charge is -2.34. The Morgan fingerprint density at radius 1 is 0.812 bits per heavy atom. The number of aryl methyl sites for hydroxylation is 1. The third kappa shape index (κ3) is 3.09. The lowest BCUT2D eigenvalue weighted by molar-refractivity contribution is 0.648. The molecule has 0 bridgehead atoms. The number of rotatable bonds is 4.